The first-order valence-electron chi connectivity index (χ1n) is 8.32. The molecule has 0 unspecified atom stereocenters. The van der Waals surface area contributed by atoms with E-state index in [9.17, 15) is 8.78 Å². The van der Waals surface area contributed by atoms with Gasteiger partial charge in [-0.1, -0.05) is 13.8 Å². The summed E-state index contributed by atoms with van der Waals surface area (Å²) in [5, 5.41) is 6.30. The van der Waals surface area contributed by atoms with Crippen molar-refractivity contribution in [2.45, 2.75) is 27.0 Å². The molecule has 9 heteroatoms. The highest BCUT2D eigenvalue weighted by atomic mass is 127. The van der Waals surface area contributed by atoms with Crippen molar-refractivity contribution in [3.63, 3.8) is 0 Å². The van der Waals surface area contributed by atoms with Gasteiger partial charge in [-0.2, -0.15) is 8.78 Å². The third-order valence-corrected chi connectivity index (χ3v) is 3.77. The molecular formula is C17H29F2IN4O2. The molecule has 6 nitrogen and oxygen atoms in total. The lowest BCUT2D eigenvalue weighted by Crippen LogP contribution is -2.41. The molecule has 2 N–H and O–H groups in total. The minimum absolute atomic E-state index is 0. The van der Waals surface area contributed by atoms with Crippen LogP contribution in [0.4, 0.5) is 8.78 Å². The summed E-state index contributed by atoms with van der Waals surface area (Å²) in [6, 6.07) is 4.71. The molecule has 150 valence electrons. The second-order valence-corrected chi connectivity index (χ2v) is 5.23. The summed E-state index contributed by atoms with van der Waals surface area (Å²) < 4.78 is 34.8. The van der Waals surface area contributed by atoms with Crippen LogP contribution in [0.1, 0.15) is 19.4 Å². The van der Waals surface area contributed by atoms with Gasteiger partial charge in [0.25, 0.3) is 0 Å². The minimum Gasteiger partial charge on any atom is -0.497 e. The first-order chi connectivity index (χ1) is 12.0. The third kappa shape index (κ3) is 8.84. The van der Waals surface area contributed by atoms with Gasteiger partial charge in [0.05, 0.1) is 7.11 Å². The van der Waals surface area contributed by atoms with Crippen molar-refractivity contribution in [2.24, 2.45) is 4.99 Å². The van der Waals surface area contributed by atoms with Gasteiger partial charge in [-0.3, -0.25) is 4.99 Å². The van der Waals surface area contributed by atoms with E-state index in [4.69, 9.17) is 4.74 Å². The Morgan fingerprint density at radius 1 is 1.23 bits per heavy atom. The minimum atomic E-state index is -2.88. The van der Waals surface area contributed by atoms with Crippen molar-refractivity contribution in [3.05, 3.63) is 23.8 Å². The summed E-state index contributed by atoms with van der Waals surface area (Å²) in [4.78, 5) is 6.43. The number of nitrogens with zero attached hydrogens (tertiary/aromatic N) is 2. The number of alkyl halides is 2. The molecule has 0 amide bonds. The van der Waals surface area contributed by atoms with Crippen molar-refractivity contribution in [1.29, 1.82) is 0 Å². The zero-order chi connectivity index (χ0) is 18.7. The van der Waals surface area contributed by atoms with Crippen molar-refractivity contribution in [3.8, 4) is 11.5 Å². The largest absolute Gasteiger partial charge is 0.497 e. The number of ether oxygens (including phenoxy) is 2. The first-order valence-corrected chi connectivity index (χ1v) is 8.32. The van der Waals surface area contributed by atoms with E-state index in [2.05, 4.69) is 39.1 Å². The fraction of sp³-hybridized carbons (Fsp3) is 0.588. The van der Waals surface area contributed by atoms with Crippen LogP contribution >= 0.6 is 24.0 Å². The molecule has 1 aromatic rings. The summed E-state index contributed by atoms with van der Waals surface area (Å²) in [7, 11) is 3.18. The Balaban J connectivity index is 0.00000625. The van der Waals surface area contributed by atoms with Crippen molar-refractivity contribution < 1.29 is 18.3 Å². The van der Waals surface area contributed by atoms with E-state index in [-0.39, 0.29) is 36.3 Å². The Bertz CT molecular complexity index is 543. The highest BCUT2D eigenvalue weighted by molar-refractivity contribution is 14.0. The maximum atomic E-state index is 12.5. The molecule has 0 saturated carbocycles. The first kappa shape index (κ1) is 24.6. The average Bonchev–Trinajstić information content (AvgIpc) is 2.61. The van der Waals surface area contributed by atoms with Crippen LogP contribution in [0.5, 0.6) is 11.5 Å². The number of rotatable bonds is 10. The summed E-state index contributed by atoms with van der Waals surface area (Å²) in [6.07, 6.45) is 0. The number of likely N-dealkylation sites (N-methyl/N-ethyl adjacent to an activating group) is 1. The molecule has 1 aromatic carbocycles. The molecule has 0 radical (unpaired) electrons. The van der Waals surface area contributed by atoms with Gasteiger partial charge in [-0.15, -0.1) is 24.0 Å². The maximum Gasteiger partial charge on any atom is 0.387 e. The van der Waals surface area contributed by atoms with Gasteiger partial charge in [0.15, 0.2) is 5.96 Å². The van der Waals surface area contributed by atoms with Crippen LogP contribution in [0.15, 0.2) is 23.2 Å². The summed E-state index contributed by atoms with van der Waals surface area (Å²) in [6.45, 7) is 5.24. The van der Waals surface area contributed by atoms with Crippen LogP contribution < -0.4 is 20.1 Å². The molecule has 0 aliphatic heterocycles. The molecular weight excluding hydrogens is 457 g/mol. The number of nitrogens with one attached hydrogen (secondary N) is 2. The number of aliphatic imine (C=N–C) groups is 1. The Morgan fingerprint density at radius 3 is 2.46 bits per heavy atom. The number of guanidine groups is 1. The topological polar surface area (TPSA) is 58.1 Å². The Kier molecular flexibility index (Phi) is 13.1. The maximum absolute atomic E-state index is 12.5. The molecule has 0 aliphatic carbocycles. The van der Waals surface area contributed by atoms with Gasteiger partial charge in [0, 0.05) is 32.2 Å². The van der Waals surface area contributed by atoms with E-state index in [0.29, 0.717) is 17.3 Å². The van der Waals surface area contributed by atoms with Crippen LogP contribution in [0.3, 0.4) is 0 Å². The fourth-order valence-corrected chi connectivity index (χ4v) is 2.30. The van der Waals surface area contributed by atoms with Crippen LogP contribution in [0.25, 0.3) is 0 Å². The van der Waals surface area contributed by atoms with Crippen LogP contribution in [-0.2, 0) is 6.54 Å². The number of hydrogen-bond donors (Lipinski definition) is 2. The van der Waals surface area contributed by atoms with E-state index in [1.165, 1.54) is 13.2 Å². The fourth-order valence-electron chi connectivity index (χ4n) is 2.30. The van der Waals surface area contributed by atoms with E-state index < -0.39 is 6.61 Å². The lowest BCUT2D eigenvalue weighted by Gasteiger charge is -2.19. The van der Waals surface area contributed by atoms with Gasteiger partial charge in [-0.05, 0) is 31.3 Å². The van der Waals surface area contributed by atoms with Crippen LogP contribution in [0, 0.1) is 0 Å². The molecule has 0 atom stereocenters. The standard InChI is InChI=1S/C17H28F2N4O2.HI/c1-5-23(6-2)10-9-21-17(20-3)22-12-13-11-14(24-4)7-8-15(13)25-16(18)19;/h7-8,11,16H,5-6,9-10,12H2,1-4H3,(H2,20,21,22);1H. The predicted octanol–water partition coefficient (Wildman–Crippen LogP) is 2.92. The number of benzene rings is 1. The van der Waals surface area contributed by atoms with E-state index in [1.807, 2.05) is 0 Å². The van der Waals surface area contributed by atoms with Gasteiger partial charge < -0.3 is 25.0 Å². The molecule has 1 rings (SSSR count). The Hall–Kier alpha value is -1.36. The molecule has 0 aromatic heterocycles. The van der Waals surface area contributed by atoms with Gasteiger partial charge in [0.2, 0.25) is 0 Å². The second-order valence-electron chi connectivity index (χ2n) is 5.23. The van der Waals surface area contributed by atoms with Crippen LogP contribution in [-0.4, -0.2) is 57.8 Å². The Labute approximate surface area is 171 Å². The van der Waals surface area contributed by atoms with E-state index in [1.54, 1.807) is 19.2 Å². The lowest BCUT2D eigenvalue weighted by atomic mass is 10.2. The lowest BCUT2D eigenvalue weighted by molar-refractivity contribution is -0.0504. The monoisotopic (exact) mass is 486 g/mol. The van der Waals surface area contributed by atoms with E-state index >= 15 is 0 Å². The van der Waals surface area contributed by atoms with E-state index in [0.717, 1.165) is 26.2 Å². The van der Waals surface area contributed by atoms with Gasteiger partial charge >= 0.3 is 6.61 Å². The number of halogens is 3. The van der Waals surface area contributed by atoms with Gasteiger partial charge in [-0.25, -0.2) is 0 Å². The third-order valence-electron chi connectivity index (χ3n) is 3.77. The summed E-state index contributed by atoms with van der Waals surface area (Å²) in [5.41, 5.74) is 0.561. The highest BCUT2D eigenvalue weighted by Crippen LogP contribution is 2.25. The molecule has 0 spiro atoms. The Morgan fingerprint density at radius 2 is 1.92 bits per heavy atom. The van der Waals surface area contributed by atoms with Crippen LogP contribution in [0.2, 0.25) is 0 Å². The normalized spacial score (nSPS) is 11.3. The molecule has 0 saturated heterocycles. The van der Waals surface area contributed by atoms with Crippen molar-refractivity contribution in [1.82, 2.24) is 15.5 Å². The van der Waals surface area contributed by atoms with Crippen molar-refractivity contribution in [2.75, 3.05) is 40.3 Å². The SMILES string of the molecule is CCN(CC)CCNC(=NC)NCc1cc(OC)ccc1OC(F)F.I. The molecule has 0 heterocycles. The summed E-state index contributed by atoms with van der Waals surface area (Å²) in [5.74, 6) is 1.28. The second kappa shape index (κ2) is 13.8. The number of methoxy groups -OCH3 is 1. The zero-order valence-electron chi connectivity index (χ0n) is 15.7. The average molecular weight is 486 g/mol. The molecule has 0 fully saturated rings. The summed E-state index contributed by atoms with van der Waals surface area (Å²) >= 11 is 0. The molecule has 26 heavy (non-hydrogen) atoms. The zero-order valence-corrected chi connectivity index (χ0v) is 18.1. The molecule has 0 bridgehead atoms. The predicted molar refractivity (Wildman–Crippen MR) is 111 cm³/mol. The van der Waals surface area contributed by atoms with Crippen molar-refractivity contribution >= 4 is 29.9 Å². The highest BCUT2D eigenvalue weighted by Gasteiger charge is 2.11. The van der Waals surface area contributed by atoms with Gasteiger partial charge in [0.1, 0.15) is 11.5 Å². The number of hydrogen-bond acceptors (Lipinski definition) is 4. The smallest absolute Gasteiger partial charge is 0.387 e. The molecule has 0 aliphatic rings. The quantitative estimate of drug-likeness (QED) is 0.303.